The molecule has 0 aromatic heterocycles. The second-order valence-electron chi connectivity index (χ2n) is 5.43. The zero-order chi connectivity index (χ0) is 15.4. The second kappa shape index (κ2) is 6.44. The highest BCUT2D eigenvalue weighted by Crippen LogP contribution is 2.20. The van der Waals surface area contributed by atoms with Crippen molar-refractivity contribution in [3.05, 3.63) is 64.7 Å². The highest BCUT2D eigenvalue weighted by molar-refractivity contribution is 5.78. The first kappa shape index (κ1) is 15.1. The molecular formula is C18H21NO2. The van der Waals surface area contributed by atoms with Crippen LogP contribution in [0.25, 0.3) is 0 Å². The van der Waals surface area contributed by atoms with Crippen molar-refractivity contribution in [2.45, 2.75) is 33.3 Å². The Bertz CT molecular complexity index is 649. The van der Waals surface area contributed by atoms with Crippen LogP contribution in [0.4, 0.5) is 5.69 Å². The molecule has 0 amide bonds. The number of aryl methyl sites for hydroxylation is 2. The van der Waals surface area contributed by atoms with Gasteiger partial charge < -0.3 is 10.5 Å². The van der Waals surface area contributed by atoms with Gasteiger partial charge in [-0.3, -0.25) is 4.79 Å². The molecule has 0 aliphatic heterocycles. The third-order valence-electron chi connectivity index (χ3n) is 3.64. The summed E-state index contributed by atoms with van der Waals surface area (Å²) < 4.78 is 5.44. The van der Waals surface area contributed by atoms with Gasteiger partial charge in [0, 0.05) is 5.69 Å². The van der Waals surface area contributed by atoms with Gasteiger partial charge in [0.15, 0.2) is 0 Å². The molecule has 2 aromatic rings. The van der Waals surface area contributed by atoms with E-state index in [1.54, 1.807) is 6.07 Å². The quantitative estimate of drug-likeness (QED) is 0.687. The van der Waals surface area contributed by atoms with E-state index < -0.39 is 0 Å². The molecule has 0 fully saturated rings. The minimum atomic E-state index is -0.321. The molecule has 0 radical (unpaired) electrons. The van der Waals surface area contributed by atoms with Crippen molar-refractivity contribution >= 4 is 11.7 Å². The Morgan fingerprint density at radius 2 is 1.95 bits per heavy atom. The van der Waals surface area contributed by atoms with Crippen molar-refractivity contribution in [2.75, 3.05) is 5.73 Å². The predicted molar refractivity (Wildman–Crippen MR) is 85.0 cm³/mol. The molecule has 0 heterocycles. The van der Waals surface area contributed by atoms with Crippen LogP contribution in [-0.4, -0.2) is 5.97 Å². The minimum Gasteiger partial charge on any atom is -0.460 e. The van der Waals surface area contributed by atoms with Gasteiger partial charge in [0.05, 0.1) is 5.92 Å². The minimum absolute atomic E-state index is 0.235. The lowest BCUT2D eigenvalue weighted by molar-refractivity contribution is -0.146. The molecule has 0 bridgehead atoms. The summed E-state index contributed by atoms with van der Waals surface area (Å²) in [6.07, 6.45) is 0. The molecule has 1 atom stereocenters. The van der Waals surface area contributed by atoms with Crippen LogP contribution in [0.1, 0.15) is 35.1 Å². The molecule has 3 nitrogen and oxygen atoms in total. The van der Waals surface area contributed by atoms with E-state index in [1.807, 2.05) is 51.1 Å². The van der Waals surface area contributed by atoms with Crippen LogP contribution in [-0.2, 0) is 16.1 Å². The highest BCUT2D eigenvalue weighted by atomic mass is 16.5. The van der Waals surface area contributed by atoms with Crippen molar-refractivity contribution in [3.8, 4) is 0 Å². The van der Waals surface area contributed by atoms with E-state index in [4.69, 9.17) is 10.5 Å². The monoisotopic (exact) mass is 283 g/mol. The summed E-state index contributed by atoms with van der Waals surface area (Å²) in [5.74, 6) is -0.555. The molecule has 3 heteroatoms. The van der Waals surface area contributed by atoms with Crippen molar-refractivity contribution in [3.63, 3.8) is 0 Å². The van der Waals surface area contributed by atoms with E-state index in [0.717, 1.165) is 22.3 Å². The van der Waals surface area contributed by atoms with E-state index in [0.29, 0.717) is 12.3 Å². The van der Waals surface area contributed by atoms with E-state index in [9.17, 15) is 4.79 Å². The van der Waals surface area contributed by atoms with Gasteiger partial charge in [-0.2, -0.15) is 0 Å². The molecular weight excluding hydrogens is 262 g/mol. The number of carbonyl (C=O) groups excluding carboxylic acids is 1. The van der Waals surface area contributed by atoms with Crippen molar-refractivity contribution in [2.24, 2.45) is 0 Å². The summed E-state index contributed by atoms with van der Waals surface area (Å²) in [6.45, 7) is 6.18. The smallest absolute Gasteiger partial charge is 0.313 e. The third-order valence-corrected chi connectivity index (χ3v) is 3.64. The Labute approximate surface area is 125 Å². The molecule has 2 N–H and O–H groups in total. The number of ether oxygens (including phenoxy) is 1. The fourth-order valence-corrected chi connectivity index (χ4v) is 2.19. The van der Waals surface area contributed by atoms with Gasteiger partial charge in [0.1, 0.15) is 6.61 Å². The number of esters is 1. The van der Waals surface area contributed by atoms with Crippen LogP contribution in [0, 0.1) is 13.8 Å². The summed E-state index contributed by atoms with van der Waals surface area (Å²) in [5.41, 5.74) is 10.6. The first-order valence-electron chi connectivity index (χ1n) is 7.05. The Hall–Kier alpha value is -2.29. The molecule has 0 spiro atoms. The first-order valence-corrected chi connectivity index (χ1v) is 7.05. The highest BCUT2D eigenvalue weighted by Gasteiger charge is 2.17. The maximum absolute atomic E-state index is 12.2. The van der Waals surface area contributed by atoms with Crippen LogP contribution in [0.15, 0.2) is 42.5 Å². The topological polar surface area (TPSA) is 52.3 Å². The fraction of sp³-hybridized carbons (Fsp3) is 0.278. The third kappa shape index (κ3) is 3.85. The summed E-state index contributed by atoms with van der Waals surface area (Å²) in [4.78, 5) is 12.2. The fourth-order valence-electron chi connectivity index (χ4n) is 2.19. The van der Waals surface area contributed by atoms with Crippen LogP contribution in [0.3, 0.4) is 0 Å². The van der Waals surface area contributed by atoms with Crippen LogP contribution in [0.2, 0.25) is 0 Å². The van der Waals surface area contributed by atoms with Gasteiger partial charge in [-0.05, 0) is 49.6 Å². The van der Waals surface area contributed by atoms with Gasteiger partial charge in [-0.1, -0.05) is 35.9 Å². The Morgan fingerprint density at radius 1 is 1.19 bits per heavy atom. The summed E-state index contributed by atoms with van der Waals surface area (Å²) in [7, 11) is 0. The second-order valence-corrected chi connectivity index (χ2v) is 5.43. The average Bonchev–Trinajstić information content (AvgIpc) is 2.47. The number of hydrogen-bond donors (Lipinski definition) is 1. The first-order chi connectivity index (χ1) is 9.97. The van der Waals surface area contributed by atoms with Crippen LogP contribution in [0.5, 0.6) is 0 Å². The van der Waals surface area contributed by atoms with Crippen LogP contribution < -0.4 is 5.73 Å². The summed E-state index contributed by atoms with van der Waals surface area (Å²) in [5, 5.41) is 0. The van der Waals surface area contributed by atoms with E-state index in [1.165, 1.54) is 0 Å². The Kier molecular flexibility index (Phi) is 4.63. The summed E-state index contributed by atoms with van der Waals surface area (Å²) in [6, 6.07) is 13.5. The van der Waals surface area contributed by atoms with Crippen molar-refractivity contribution in [1.29, 1.82) is 0 Å². The molecule has 0 saturated carbocycles. The standard InChI is InChI=1S/C18H21NO2/c1-12-7-8-13(2)16(9-12)11-21-18(20)14(3)15-5-4-6-17(19)10-15/h4-10,14H,11,19H2,1-3H3. The number of benzene rings is 2. The van der Waals surface area contributed by atoms with Crippen molar-refractivity contribution in [1.82, 2.24) is 0 Å². The molecule has 21 heavy (non-hydrogen) atoms. The lowest BCUT2D eigenvalue weighted by atomic mass is 10.0. The zero-order valence-corrected chi connectivity index (χ0v) is 12.7. The lowest BCUT2D eigenvalue weighted by Gasteiger charge is -2.13. The maximum atomic E-state index is 12.2. The largest absolute Gasteiger partial charge is 0.460 e. The lowest BCUT2D eigenvalue weighted by Crippen LogP contribution is -2.13. The number of nitrogen functional groups attached to an aromatic ring is 1. The van der Waals surface area contributed by atoms with Gasteiger partial charge in [0.2, 0.25) is 0 Å². The van der Waals surface area contributed by atoms with Gasteiger partial charge in [0.25, 0.3) is 0 Å². The number of nitrogens with two attached hydrogens (primary N) is 1. The number of anilines is 1. The van der Waals surface area contributed by atoms with Crippen LogP contribution >= 0.6 is 0 Å². The van der Waals surface area contributed by atoms with Gasteiger partial charge in [-0.15, -0.1) is 0 Å². The maximum Gasteiger partial charge on any atom is 0.313 e. The van der Waals surface area contributed by atoms with E-state index in [2.05, 4.69) is 6.07 Å². The number of carbonyl (C=O) groups is 1. The molecule has 0 saturated heterocycles. The average molecular weight is 283 g/mol. The SMILES string of the molecule is Cc1ccc(C)c(COC(=O)C(C)c2cccc(N)c2)c1. The Morgan fingerprint density at radius 3 is 2.67 bits per heavy atom. The molecule has 110 valence electrons. The van der Waals surface area contributed by atoms with E-state index >= 15 is 0 Å². The molecule has 0 aliphatic rings. The van der Waals surface area contributed by atoms with Gasteiger partial charge in [-0.25, -0.2) is 0 Å². The number of hydrogen-bond acceptors (Lipinski definition) is 3. The molecule has 1 unspecified atom stereocenters. The van der Waals surface area contributed by atoms with E-state index in [-0.39, 0.29) is 11.9 Å². The normalized spacial score (nSPS) is 12.0. The summed E-state index contributed by atoms with van der Waals surface area (Å²) >= 11 is 0. The van der Waals surface area contributed by atoms with Gasteiger partial charge >= 0.3 is 5.97 Å². The Balaban J connectivity index is 2.03. The van der Waals surface area contributed by atoms with Crippen molar-refractivity contribution < 1.29 is 9.53 Å². The molecule has 2 aromatic carbocycles. The molecule has 2 rings (SSSR count). The predicted octanol–water partition coefficient (Wildman–Crippen LogP) is 3.73. The number of rotatable bonds is 4. The zero-order valence-electron chi connectivity index (χ0n) is 12.7. The molecule has 0 aliphatic carbocycles.